The molecule has 98 valence electrons. The molecule has 0 aromatic heterocycles. The van der Waals surface area contributed by atoms with Crippen LogP contribution in [-0.4, -0.2) is 8.42 Å². The summed E-state index contributed by atoms with van der Waals surface area (Å²) in [5.74, 6) is 0. The van der Waals surface area contributed by atoms with E-state index in [9.17, 15) is 0 Å². The smallest absolute Gasteiger partial charge is 0.195 e. The van der Waals surface area contributed by atoms with Gasteiger partial charge in [0.2, 0.25) is 0 Å². The maximum absolute atomic E-state index is 9.16. The lowest BCUT2D eigenvalue weighted by Crippen LogP contribution is -1.74. The summed E-state index contributed by atoms with van der Waals surface area (Å²) in [5, 5.41) is 5.25. The van der Waals surface area contributed by atoms with Gasteiger partial charge in [0.05, 0.1) is 0 Å². The topological polar surface area (TPSA) is 34.1 Å². The summed E-state index contributed by atoms with van der Waals surface area (Å²) in [7, 11) is 4.81. The van der Waals surface area contributed by atoms with E-state index in [1.807, 2.05) is 0 Å². The fourth-order valence-electron chi connectivity index (χ4n) is 1.88. The van der Waals surface area contributed by atoms with Gasteiger partial charge in [0, 0.05) is 21.4 Å². The molecule has 19 heavy (non-hydrogen) atoms. The van der Waals surface area contributed by atoms with Crippen molar-refractivity contribution in [2.45, 2.75) is 0 Å². The molecule has 0 aliphatic heterocycles. The maximum Gasteiger partial charge on any atom is 0.317 e. The molecule has 3 rings (SSSR count). The molecule has 2 nitrogen and oxygen atoms in total. The van der Waals surface area contributed by atoms with E-state index in [0.717, 1.165) is 0 Å². The molecule has 3 aromatic carbocycles. The minimum absolute atomic E-state index is 1.31. The lowest BCUT2D eigenvalue weighted by atomic mass is 10.0. The second-order valence-electron chi connectivity index (χ2n) is 3.92. The van der Waals surface area contributed by atoms with Gasteiger partial charge < -0.3 is 0 Å². The Morgan fingerprint density at radius 3 is 1.05 bits per heavy atom. The zero-order valence-electron chi connectivity index (χ0n) is 9.75. The van der Waals surface area contributed by atoms with Crippen molar-refractivity contribution in [2.75, 3.05) is 0 Å². The third-order valence-corrected chi connectivity index (χ3v) is 2.61. The van der Waals surface area contributed by atoms with Crippen molar-refractivity contribution in [2.24, 2.45) is 0 Å². The van der Waals surface area contributed by atoms with Crippen molar-refractivity contribution >= 4 is 51.2 Å². The van der Waals surface area contributed by atoms with Crippen LogP contribution in [0.15, 0.2) is 60.7 Å². The lowest BCUT2D eigenvalue weighted by molar-refractivity contribution is 0.621. The van der Waals surface area contributed by atoms with E-state index >= 15 is 0 Å². The molecule has 0 saturated carbocycles. The summed E-state index contributed by atoms with van der Waals surface area (Å²) in [4.78, 5) is 0. The van der Waals surface area contributed by atoms with E-state index in [1.54, 1.807) is 0 Å². The van der Waals surface area contributed by atoms with Crippen LogP contribution in [0, 0.1) is 0 Å². The van der Waals surface area contributed by atoms with Crippen LogP contribution in [-0.2, 0) is 8.26 Å². The minimum atomic E-state index is -3.72. The molecular formula is C14H10Cl2O2S. The van der Waals surface area contributed by atoms with Crippen molar-refractivity contribution < 1.29 is 8.42 Å². The van der Waals surface area contributed by atoms with E-state index in [-0.39, 0.29) is 0 Å². The average molecular weight is 313 g/mol. The van der Waals surface area contributed by atoms with Gasteiger partial charge >= 0.3 is 8.26 Å². The van der Waals surface area contributed by atoms with Gasteiger partial charge in [-0.25, -0.2) is 0 Å². The van der Waals surface area contributed by atoms with Crippen molar-refractivity contribution in [3.8, 4) is 0 Å². The van der Waals surface area contributed by atoms with Gasteiger partial charge in [-0.1, -0.05) is 48.5 Å². The zero-order chi connectivity index (χ0) is 13.9. The summed E-state index contributed by atoms with van der Waals surface area (Å²) in [6.45, 7) is 0. The van der Waals surface area contributed by atoms with Gasteiger partial charge in [0.15, 0.2) is 0 Å². The number of rotatable bonds is 0. The standard InChI is InChI=1S/C14H10.Cl2O2S/c1-2-6-12-10-14-8-4-3-7-13(14)9-11(12)5-1;1-5(2,3)4/h1-10H;. The number of hydrogen-bond donors (Lipinski definition) is 0. The molecular weight excluding hydrogens is 303 g/mol. The highest BCUT2D eigenvalue weighted by Crippen LogP contribution is 2.21. The van der Waals surface area contributed by atoms with Crippen LogP contribution in [0.1, 0.15) is 0 Å². The van der Waals surface area contributed by atoms with Crippen molar-refractivity contribution in [1.82, 2.24) is 0 Å². The summed E-state index contributed by atoms with van der Waals surface area (Å²) in [5.41, 5.74) is 0. The van der Waals surface area contributed by atoms with Crippen LogP contribution in [0.3, 0.4) is 0 Å². The van der Waals surface area contributed by atoms with Crippen LogP contribution >= 0.6 is 21.4 Å². The molecule has 0 unspecified atom stereocenters. The number of benzene rings is 3. The van der Waals surface area contributed by atoms with Crippen LogP contribution in [0.2, 0.25) is 0 Å². The molecule has 0 bridgehead atoms. The molecule has 0 aliphatic carbocycles. The molecule has 5 heteroatoms. The SMILES string of the molecule is O=S(=O)(Cl)Cl.c1ccc2cc3ccccc3cc2c1. The van der Waals surface area contributed by atoms with Crippen molar-refractivity contribution in [1.29, 1.82) is 0 Å². The monoisotopic (exact) mass is 312 g/mol. The van der Waals surface area contributed by atoms with Gasteiger partial charge in [-0.05, 0) is 33.7 Å². The minimum Gasteiger partial charge on any atom is -0.195 e. The number of hydrogen-bond acceptors (Lipinski definition) is 2. The molecule has 0 radical (unpaired) electrons. The van der Waals surface area contributed by atoms with E-state index < -0.39 is 8.26 Å². The molecule has 0 fully saturated rings. The molecule has 3 aromatic rings. The largest absolute Gasteiger partial charge is 0.317 e. The third kappa shape index (κ3) is 4.39. The Morgan fingerprint density at radius 1 is 0.632 bits per heavy atom. The third-order valence-electron chi connectivity index (χ3n) is 2.61. The Labute approximate surface area is 120 Å². The van der Waals surface area contributed by atoms with E-state index in [2.05, 4.69) is 82.0 Å². The van der Waals surface area contributed by atoms with Gasteiger partial charge in [-0.3, -0.25) is 0 Å². The highest BCUT2D eigenvalue weighted by atomic mass is 36.0. The zero-order valence-corrected chi connectivity index (χ0v) is 12.1. The first-order chi connectivity index (χ1) is 8.93. The first-order valence-corrected chi connectivity index (χ1v) is 8.59. The Bertz CT molecular complexity index is 701. The fraction of sp³-hybridized carbons (Fsp3) is 0. The first kappa shape index (κ1) is 14.1. The van der Waals surface area contributed by atoms with Gasteiger partial charge in [-0.2, -0.15) is 8.42 Å². The van der Waals surface area contributed by atoms with Crippen LogP contribution in [0.4, 0.5) is 0 Å². The molecule has 0 atom stereocenters. The Kier molecular flexibility index (Phi) is 4.30. The molecule has 0 saturated heterocycles. The summed E-state index contributed by atoms with van der Waals surface area (Å²) in [6, 6.07) is 21.4. The van der Waals surface area contributed by atoms with Crippen LogP contribution in [0.25, 0.3) is 21.5 Å². The normalized spacial score (nSPS) is 11.1. The number of fused-ring (bicyclic) bond motifs is 2. The highest BCUT2D eigenvalue weighted by molar-refractivity contribution is 8.31. The Hall–Kier alpha value is -1.29. The van der Waals surface area contributed by atoms with Crippen LogP contribution < -0.4 is 0 Å². The molecule has 0 spiro atoms. The Morgan fingerprint density at radius 2 is 0.842 bits per heavy atom. The van der Waals surface area contributed by atoms with Crippen molar-refractivity contribution in [3.05, 3.63) is 60.7 Å². The highest BCUT2D eigenvalue weighted by Gasteiger charge is 1.95. The molecule has 0 aliphatic rings. The van der Waals surface area contributed by atoms with E-state index in [4.69, 9.17) is 8.42 Å². The Balaban J connectivity index is 0.000000232. The fourth-order valence-corrected chi connectivity index (χ4v) is 1.88. The lowest BCUT2D eigenvalue weighted by Gasteiger charge is -2.00. The van der Waals surface area contributed by atoms with E-state index in [0.29, 0.717) is 0 Å². The van der Waals surface area contributed by atoms with Gasteiger partial charge in [0.25, 0.3) is 0 Å². The predicted molar refractivity (Wildman–Crippen MR) is 82.1 cm³/mol. The van der Waals surface area contributed by atoms with Crippen LogP contribution in [0.5, 0.6) is 0 Å². The first-order valence-electron chi connectivity index (χ1n) is 5.45. The number of halogens is 2. The van der Waals surface area contributed by atoms with E-state index in [1.165, 1.54) is 21.5 Å². The summed E-state index contributed by atoms with van der Waals surface area (Å²) >= 11 is 0. The predicted octanol–water partition coefficient (Wildman–Crippen LogP) is 4.70. The molecule has 0 heterocycles. The van der Waals surface area contributed by atoms with Gasteiger partial charge in [-0.15, -0.1) is 0 Å². The molecule has 0 N–H and O–H groups in total. The second kappa shape index (κ2) is 5.78. The molecule has 0 amide bonds. The quantitative estimate of drug-likeness (QED) is 0.445. The summed E-state index contributed by atoms with van der Waals surface area (Å²) < 4.78 is 18.3. The maximum atomic E-state index is 9.16. The second-order valence-corrected chi connectivity index (χ2v) is 7.59. The average Bonchev–Trinajstić information content (AvgIpc) is 2.34. The van der Waals surface area contributed by atoms with Gasteiger partial charge in [0.1, 0.15) is 0 Å². The van der Waals surface area contributed by atoms with Crippen molar-refractivity contribution in [3.63, 3.8) is 0 Å². The summed E-state index contributed by atoms with van der Waals surface area (Å²) in [6.07, 6.45) is 0.